The minimum atomic E-state index is -0.271. The van der Waals surface area contributed by atoms with E-state index in [9.17, 15) is 4.79 Å². The summed E-state index contributed by atoms with van der Waals surface area (Å²) in [6.07, 6.45) is 2.25. The van der Waals surface area contributed by atoms with Gasteiger partial charge < -0.3 is 4.74 Å². The van der Waals surface area contributed by atoms with Gasteiger partial charge in [0.2, 0.25) is 0 Å². The van der Waals surface area contributed by atoms with Crippen LogP contribution in [-0.2, 0) is 9.53 Å². The summed E-state index contributed by atoms with van der Waals surface area (Å²) in [6, 6.07) is 1.67. The molecule has 0 aromatic carbocycles. The first-order chi connectivity index (χ1) is 7.69. The third-order valence-electron chi connectivity index (χ3n) is 2.20. The number of hydrogen-bond acceptors (Lipinski definition) is 5. The van der Waals surface area contributed by atoms with Crippen LogP contribution in [-0.4, -0.2) is 28.8 Å². The summed E-state index contributed by atoms with van der Waals surface area (Å²) in [4.78, 5) is 19.5. The topological polar surface area (TPSA) is 52.1 Å². The van der Waals surface area contributed by atoms with Gasteiger partial charge in [-0.05, 0) is 12.8 Å². The molecule has 2 rings (SSSR count). The van der Waals surface area contributed by atoms with Gasteiger partial charge in [-0.1, -0.05) is 23.4 Å². The Morgan fingerprint density at radius 2 is 2.38 bits per heavy atom. The fourth-order valence-corrected chi connectivity index (χ4v) is 2.19. The zero-order valence-electron chi connectivity index (χ0n) is 8.77. The molecule has 0 amide bonds. The van der Waals surface area contributed by atoms with Crippen molar-refractivity contribution in [3.63, 3.8) is 0 Å². The van der Waals surface area contributed by atoms with Crippen LogP contribution in [0.2, 0.25) is 5.15 Å². The molecule has 1 aromatic heterocycles. The van der Waals surface area contributed by atoms with E-state index < -0.39 is 0 Å². The van der Waals surface area contributed by atoms with E-state index in [1.54, 1.807) is 6.07 Å². The van der Waals surface area contributed by atoms with Gasteiger partial charge in [-0.15, -0.1) is 0 Å². The molecule has 6 heteroatoms. The Kier molecular flexibility index (Phi) is 3.66. The molecule has 1 aromatic rings. The lowest BCUT2D eigenvalue weighted by Gasteiger charge is -2.03. The molecule has 0 atom stereocenters. The van der Waals surface area contributed by atoms with Gasteiger partial charge in [-0.2, -0.15) is 0 Å². The Morgan fingerprint density at radius 3 is 3.00 bits per heavy atom. The number of esters is 1. The zero-order chi connectivity index (χ0) is 11.5. The number of nitrogens with zero attached hydrogens (tertiary/aromatic N) is 2. The lowest BCUT2D eigenvalue weighted by Crippen LogP contribution is -2.04. The summed E-state index contributed by atoms with van der Waals surface area (Å²) in [5.41, 5.74) is 0. The van der Waals surface area contributed by atoms with Crippen LogP contribution >= 0.6 is 23.4 Å². The number of rotatable bonds is 4. The van der Waals surface area contributed by atoms with Crippen molar-refractivity contribution in [2.75, 3.05) is 12.9 Å². The van der Waals surface area contributed by atoms with E-state index in [2.05, 4.69) is 14.7 Å². The second-order valence-electron chi connectivity index (χ2n) is 3.53. The predicted octanol–water partition coefficient (Wildman–Crippen LogP) is 2.27. The van der Waals surface area contributed by atoms with E-state index in [1.165, 1.54) is 18.9 Å². The van der Waals surface area contributed by atoms with Crippen LogP contribution in [0.4, 0.5) is 0 Å². The molecule has 4 nitrogen and oxygen atoms in total. The molecule has 0 radical (unpaired) electrons. The maximum atomic E-state index is 11.0. The van der Waals surface area contributed by atoms with Crippen LogP contribution in [0.5, 0.6) is 0 Å². The Balaban J connectivity index is 2.05. The van der Waals surface area contributed by atoms with Crippen molar-refractivity contribution in [1.29, 1.82) is 0 Å². The van der Waals surface area contributed by atoms with Gasteiger partial charge in [-0.25, -0.2) is 9.97 Å². The van der Waals surface area contributed by atoms with Crippen LogP contribution in [0.3, 0.4) is 0 Å². The highest BCUT2D eigenvalue weighted by Gasteiger charge is 2.27. The largest absolute Gasteiger partial charge is 0.468 e. The van der Waals surface area contributed by atoms with Gasteiger partial charge in [0.1, 0.15) is 16.0 Å². The van der Waals surface area contributed by atoms with Gasteiger partial charge in [0.25, 0.3) is 0 Å². The van der Waals surface area contributed by atoms with E-state index in [1.807, 2.05) is 0 Å². The van der Waals surface area contributed by atoms with Crippen molar-refractivity contribution in [3.8, 4) is 0 Å². The van der Waals surface area contributed by atoms with Crippen molar-refractivity contribution in [2.45, 2.75) is 23.8 Å². The average molecular weight is 259 g/mol. The van der Waals surface area contributed by atoms with E-state index >= 15 is 0 Å². The lowest BCUT2D eigenvalue weighted by molar-refractivity contribution is -0.137. The first-order valence-corrected chi connectivity index (χ1v) is 6.29. The van der Waals surface area contributed by atoms with Crippen molar-refractivity contribution in [3.05, 3.63) is 17.0 Å². The average Bonchev–Trinajstić information content (AvgIpc) is 3.09. The van der Waals surface area contributed by atoms with Crippen LogP contribution in [0, 0.1) is 0 Å². The lowest BCUT2D eigenvalue weighted by atomic mass is 10.4. The van der Waals surface area contributed by atoms with Gasteiger partial charge in [-0.3, -0.25) is 4.79 Å². The molecule has 0 bridgehead atoms. The molecular formula is C10H11ClN2O2S. The molecule has 1 aliphatic carbocycles. The van der Waals surface area contributed by atoms with E-state index in [4.69, 9.17) is 11.6 Å². The van der Waals surface area contributed by atoms with Gasteiger partial charge in [0.15, 0.2) is 0 Å². The zero-order valence-corrected chi connectivity index (χ0v) is 10.3. The standard InChI is InChI=1S/C10H11ClN2O2S/c1-15-9(14)5-16-8-4-7(11)12-10(13-8)6-2-3-6/h4,6H,2-3,5H2,1H3. The van der Waals surface area contributed by atoms with Crippen molar-refractivity contribution in [1.82, 2.24) is 9.97 Å². The van der Waals surface area contributed by atoms with Crippen molar-refractivity contribution < 1.29 is 9.53 Å². The molecule has 0 N–H and O–H groups in total. The maximum Gasteiger partial charge on any atom is 0.316 e. The van der Waals surface area contributed by atoms with E-state index in [0.29, 0.717) is 11.1 Å². The van der Waals surface area contributed by atoms with Crippen LogP contribution in [0.15, 0.2) is 11.1 Å². The molecular weight excluding hydrogens is 248 g/mol. The van der Waals surface area contributed by atoms with Gasteiger partial charge in [0, 0.05) is 12.0 Å². The SMILES string of the molecule is COC(=O)CSc1cc(Cl)nc(C2CC2)n1. The summed E-state index contributed by atoms with van der Waals surface area (Å²) in [6.45, 7) is 0. The fraction of sp³-hybridized carbons (Fsp3) is 0.500. The highest BCUT2D eigenvalue weighted by molar-refractivity contribution is 7.99. The number of hydrogen-bond donors (Lipinski definition) is 0. The first kappa shape index (κ1) is 11.7. The third-order valence-corrected chi connectivity index (χ3v) is 3.28. The molecule has 16 heavy (non-hydrogen) atoms. The number of thioether (sulfide) groups is 1. The summed E-state index contributed by atoms with van der Waals surface area (Å²) in [5.74, 6) is 1.22. The summed E-state index contributed by atoms with van der Waals surface area (Å²) >= 11 is 7.21. The van der Waals surface area contributed by atoms with Crippen LogP contribution in [0.1, 0.15) is 24.6 Å². The number of carbonyl (C=O) groups is 1. The second-order valence-corrected chi connectivity index (χ2v) is 4.91. The minimum absolute atomic E-state index is 0.244. The number of aromatic nitrogens is 2. The minimum Gasteiger partial charge on any atom is -0.468 e. The molecule has 1 saturated carbocycles. The van der Waals surface area contributed by atoms with Crippen LogP contribution in [0.25, 0.3) is 0 Å². The molecule has 1 fully saturated rings. The van der Waals surface area contributed by atoms with E-state index in [0.717, 1.165) is 23.7 Å². The Labute approximate surface area is 103 Å². The number of methoxy groups -OCH3 is 1. The Morgan fingerprint density at radius 1 is 1.62 bits per heavy atom. The molecule has 0 saturated heterocycles. The van der Waals surface area contributed by atoms with E-state index in [-0.39, 0.29) is 11.7 Å². The Hall–Kier alpha value is -0.810. The normalized spacial score (nSPS) is 14.9. The molecule has 0 spiro atoms. The summed E-state index contributed by atoms with van der Waals surface area (Å²) in [5, 5.41) is 1.16. The molecule has 1 aliphatic rings. The third kappa shape index (κ3) is 3.09. The number of carbonyl (C=O) groups excluding carboxylic acids is 1. The molecule has 86 valence electrons. The molecule has 1 heterocycles. The predicted molar refractivity (Wildman–Crippen MR) is 61.8 cm³/mol. The van der Waals surface area contributed by atoms with Gasteiger partial charge in [0.05, 0.1) is 12.9 Å². The second kappa shape index (κ2) is 5.01. The summed E-state index contributed by atoms with van der Waals surface area (Å²) < 4.78 is 4.56. The number of ether oxygens (including phenoxy) is 1. The van der Waals surface area contributed by atoms with Crippen LogP contribution < -0.4 is 0 Å². The highest BCUT2D eigenvalue weighted by atomic mass is 35.5. The number of halogens is 1. The quantitative estimate of drug-likeness (QED) is 0.471. The fourth-order valence-electron chi connectivity index (χ4n) is 1.20. The van der Waals surface area contributed by atoms with Crippen molar-refractivity contribution >= 4 is 29.3 Å². The molecule has 0 aliphatic heterocycles. The monoisotopic (exact) mass is 258 g/mol. The highest BCUT2D eigenvalue weighted by Crippen LogP contribution is 2.39. The summed E-state index contributed by atoms with van der Waals surface area (Å²) in [7, 11) is 1.37. The van der Waals surface area contributed by atoms with Crippen molar-refractivity contribution in [2.24, 2.45) is 0 Å². The maximum absolute atomic E-state index is 11.0. The first-order valence-electron chi connectivity index (χ1n) is 4.93. The smallest absolute Gasteiger partial charge is 0.316 e. The van der Waals surface area contributed by atoms with Gasteiger partial charge >= 0.3 is 5.97 Å². The molecule has 0 unspecified atom stereocenters. The Bertz CT molecular complexity index is 410.